The van der Waals surface area contributed by atoms with Crippen LogP contribution in [-0.2, 0) is 0 Å². The molecule has 0 saturated heterocycles. The largest absolute Gasteiger partial charge is 0.497 e. The van der Waals surface area contributed by atoms with E-state index in [-0.39, 0.29) is 0 Å². The smallest absolute Gasteiger partial charge is 0.347 e. The molecule has 0 unspecified atom stereocenters. The van der Waals surface area contributed by atoms with Gasteiger partial charge in [0, 0.05) is 11.1 Å². The molecule has 3 heterocycles. The van der Waals surface area contributed by atoms with Crippen LogP contribution in [0.5, 0.6) is 5.75 Å². The van der Waals surface area contributed by atoms with Crippen molar-refractivity contribution < 1.29 is 9.15 Å². The highest BCUT2D eigenvalue weighted by atomic mass is 32.2. The molecule has 7 nitrogen and oxygen atoms in total. The minimum absolute atomic E-state index is 0.331. The molecular formula is C20H14N4O3S. The van der Waals surface area contributed by atoms with Crippen molar-refractivity contribution in [3.8, 4) is 17.1 Å². The zero-order valence-corrected chi connectivity index (χ0v) is 15.6. The van der Waals surface area contributed by atoms with Gasteiger partial charge >= 0.3 is 5.63 Å². The second-order valence-electron chi connectivity index (χ2n) is 6.17. The molecular weight excluding hydrogens is 376 g/mol. The van der Waals surface area contributed by atoms with Crippen molar-refractivity contribution in [1.82, 2.24) is 14.9 Å². The standard InChI is InChI=1S/C20H14N4O3S/c1-26-14-8-6-12(7-9-14)16-11-28-20-22-21-18(24(20)23-16)15-10-13-4-2-3-5-17(13)27-19(15)25/h2-10H,11H2,1H3. The third-order valence-electron chi connectivity index (χ3n) is 4.48. The Labute approximate surface area is 163 Å². The Bertz CT molecular complexity index is 1270. The van der Waals surface area contributed by atoms with Gasteiger partial charge in [0.1, 0.15) is 16.9 Å². The Morgan fingerprint density at radius 1 is 1.11 bits per heavy atom. The van der Waals surface area contributed by atoms with E-state index in [9.17, 15) is 4.79 Å². The lowest BCUT2D eigenvalue weighted by atomic mass is 10.1. The van der Waals surface area contributed by atoms with Gasteiger partial charge in [-0.3, -0.25) is 0 Å². The third kappa shape index (κ3) is 2.78. The van der Waals surface area contributed by atoms with Crippen LogP contribution in [0.15, 0.2) is 74.1 Å². The molecule has 0 radical (unpaired) electrons. The third-order valence-corrected chi connectivity index (χ3v) is 5.41. The average Bonchev–Trinajstić information content (AvgIpc) is 3.16. The number of rotatable bonds is 3. The number of hydrogen-bond donors (Lipinski definition) is 0. The quantitative estimate of drug-likeness (QED) is 0.499. The molecule has 138 valence electrons. The van der Waals surface area contributed by atoms with Crippen LogP contribution in [0.2, 0.25) is 0 Å². The predicted octanol–water partition coefficient (Wildman–Crippen LogP) is 3.42. The van der Waals surface area contributed by atoms with Crippen LogP contribution in [0, 0.1) is 0 Å². The minimum Gasteiger partial charge on any atom is -0.497 e. The van der Waals surface area contributed by atoms with Crippen LogP contribution in [0.3, 0.4) is 0 Å². The lowest BCUT2D eigenvalue weighted by Gasteiger charge is -2.14. The van der Waals surface area contributed by atoms with Gasteiger partial charge in [-0.25, -0.2) is 4.79 Å². The number of methoxy groups -OCH3 is 1. The van der Waals surface area contributed by atoms with Crippen LogP contribution in [-0.4, -0.2) is 33.4 Å². The first kappa shape index (κ1) is 16.8. The maximum absolute atomic E-state index is 12.5. The number of benzene rings is 2. The van der Waals surface area contributed by atoms with E-state index in [0.717, 1.165) is 22.4 Å². The van der Waals surface area contributed by atoms with Gasteiger partial charge in [-0.2, -0.15) is 9.78 Å². The van der Waals surface area contributed by atoms with Gasteiger partial charge in [-0.05, 0) is 42.0 Å². The molecule has 0 spiro atoms. The zero-order chi connectivity index (χ0) is 19.1. The van der Waals surface area contributed by atoms with Crippen molar-refractivity contribution in [3.05, 3.63) is 70.6 Å². The van der Waals surface area contributed by atoms with Gasteiger partial charge in [-0.15, -0.1) is 10.2 Å². The van der Waals surface area contributed by atoms with Crippen LogP contribution < -0.4 is 10.4 Å². The van der Waals surface area contributed by atoms with Crippen molar-refractivity contribution in [1.29, 1.82) is 0 Å². The Morgan fingerprint density at radius 3 is 2.75 bits per heavy atom. The van der Waals surface area contributed by atoms with Gasteiger partial charge in [0.05, 0.1) is 12.8 Å². The lowest BCUT2D eigenvalue weighted by Crippen LogP contribution is -2.15. The van der Waals surface area contributed by atoms with Crippen LogP contribution >= 0.6 is 11.8 Å². The first-order chi connectivity index (χ1) is 13.7. The van der Waals surface area contributed by atoms with Gasteiger partial charge in [0.25, 0.3) is 0 Å². The predicted molar refractivity (Wildman–Crippen MR) is 107 cm³/mol. The van der Waals surface area contributed by atoms with E-state index in [1.807, 2.05) is 42.5 Å². The summed E-state index contributed by atoms with van der Waals surface area (Å²) in [6.45, 7) is 0. The summed E-state index contributed by atoms with van der Waals surface area (Å²) in [6, 6.07) is 16.8. The van der Waals surface area contributed by atoms with Crippen LogP contribution in [0.25, 0.3) is 22.4 Å². The molecule has 0 saturated carbocycles. The summed E-state index contributed by atoms with van der Waals surface area (Å²) in [6.07, 6.45) is 0. The molecule has 4 aromatic rings. The summed E-state index contributed by atoms with van der Waals surface area (Å²) in [5, 5.41) is 14.5. The Kier molecular flexibility index (Phi) is 3.98. The highest BCUT2D eigenvalue weighted by Gasteiger charge is 2.23. The Balaban J connectivity index is 1.62. The van der Waals surface area contributed by atoms with E-state index in [0.29, 0.717) is 27.9 Å². The van der Waals surface area contributed by atoms with E-state index < -0.39 is 5.63 Å². The summed E-state index contributed by atoms with van der Waals surface area (Å²) < 4.78 is 12.3. The Hall–Kier alpha value is -3.39. The first-order valence-electron chi connectivity index (χ1n) is 8.57. The van der Waals surface area contributed by atoms with Crippen molar-refractivity contribution >= 4 is 28.4 Å². The van der Waals surface area contributed by atoms with Crippen LogP contribution in [0.1, 0.15) is 5.56 Å². The molecule has 0 aliphatic carbocycles. The van der Waals surface area contributed by atoms with Crippen molar-refractivity contribution in [3.63, 3.8) is 0 Å². The number of aromatic nitrogens is 3. The normalized spacial score (nSPS) is 13.2. The van der Waals surface area contributed by atoms with Crippen molar-refractivity contribution in [2.75, 3.05) is 12.9 Å². The molecule has 0 fully saturated rings. The molecule has 2 aromatic carbocycles. The molecule has 0 bridgehead atoms. The molecule has 5 rings (SSSR count). The fourth-order valence-corrected chi connectivity index (χ4v) is 3.88. The van der Waals surface area contributed by atoms with Gasteiger partial charge in [0.15, 0.2) is 5.82 Å². The molecule has 0 N–H and O–H groups in total. The summed E-state index contributed by atoms with van der Waals surface area (Å²) in [7, 11) is 1.63. The van der Waals surface area contributed by atoms with Gasteiger partial charge < -0.3 is 9.15 Å². The second kappa shape index (κ2) is 6.65. The van der Waals surface area contributed by atoms with Gasteiger partial charge in [-0.1, -0.05) is 30.0 Å². The summed E-state index contributed by atoms with van der Waals surface area (Å²) in [5.41, 5.74) is 2.24. The number of ether oxygens (including phenoxy) is 1. The first-order valence-corrected chi connectivity index (χ1v) is 9.55. The number of para-hydroxylation sites is 1. The number of hydrogen-bond acceptors (Lipinski definition) is 7. The monoisotopic (exact) mass is 390 g/mol. The molecule has 0 amide bonds. The average molecular weight is 390 g/mol. The lowest BCUT2D eigenvalue weighted by molar-refractivity contribution is 0.415. The van der Waals surface area contributed by atoms with Gasteiger partial charge in [0.2, 0.25) is 5.16 Å². The number of thioether (sulfide) groups is 1. The fourth-order valence-electron chi connectivity index (χ4n) is 3.04. The molecule has 2 aromatic heterocycles. The van der Waals surface area contributed by atoms with E-state index in [1.165, 1.54) is 11.8 Å². The second-order valence-corrected chi connectivity index (χ2v) is 7.11. The summed E-state index contributed by atoms with van der Waals surface area (Å²) in [4.78, 5) is 12.5. The maximum Gasteiger partial charge on any atom is 0.347 e. The van der Waals surface area contributed by atoms with E-state index >= 15 is 0 Å². The minimum atomic E-state index is -0.467. The molecule has 8 heteroatoms. The van der Waals surface area contributed by atoms with Crippen LogP contribution in [0.4, 0.5) is 0 Å². The molecule has 28 heavy (non-hydrogen) atoms. The SMILES string of the molecule is COc1ccc(C2=Nn3c(nnc3-c3cc4ccccc4oc3=O)SC2)cc1. The van der Waals surface area contributed by atoms with E-state index in [4.69, 9.17) is 14.3 Å². The maximum atomic E-state index is 12.5. The molecule has 1 aliphatic rings. The fraction of sp³-hybridized carbons (Fsp3) is 0.100. The topological polar surface area (TPSA) is 82.5 Å². The molecule has 1 aliphatic heterocycles. The Morgan fingerprint density at radius 2 is 1.93 bits per heavy atom. The molecule has 0 atom stereocenters. The number of fused-ring (bicyclic) bond motifs is 2. The highest BCUT2D eigenvalue weighted by Crippen LogP contribution is 2.28. The van der Waals surface area contributed by atoms with Crippen molar-refractivity contribution in [2.24, 2.45) is 5.10 Å². The number of nitrogens with zero attached hydrogens (tertiary/aromatic N) is 4. The highest BCUT2D eigenvalue weighted by molar-refractivity contribution is 7.99. The van der Waals surface area contributed by atoms with Crippen molar-refractivity contribution in [2.45, 2.75) is 5.16 Å². The summed E-state index contributed by atoms with van der Waals surface area (Å²) >= 11 is 1.52. The van der Waals surface area contributed by atoms with E-state index in [1.54, 1.807) is 23.9 Å². The zero-order valence-electron chi connectivity index (χ0n) is 14.8. The van der Waals surface area contributed by atoms with E-state index in [2.05, 4.69) is 10.2 Å². The summed E-state index contributed by atoms with van der Waals surface area (Å²) in [5.74, 6) is 1.82.